The molecular weight excluding hydrogens is 230 g/mol. The van der Waals surface area contributed by atoms with Crippen molar-refractivity contribution in [2.24, 2.45) is 11.3 Å². The highest BCUT2D eigenvalue weighted by atomic mass is 16.5. The molecule has 0 spiro atoms. The van der Waals surface area contributed by atoms with E-state index in [1.54, 1.807) is 7.11 Å². The van der Waals surface area contributed by atoms with Gasteiger partial charge in [-0.25, -0.2) is 4.68 Å². The topological polar surface area (TPSA) is 64.9 Å². The molecule has 1 heterocycles. The van der Waals surface area contributed by atoms with Crippen LogP contribution in [0.4, 0.5) is 0 Å². The molecule has 1 aromatic heterocycles. The van der Waals surface area contributed by atoms with E-state index in [-0.39, 0.29) is 6.04 Å². The van der Waals surface area contributed by atoms with Gasteiger partial charge in [-0.2, -0.15) is 0 Å². The number of hydrogen-bond acceptors (Lipinski definition) is 5. The summed E-state index contributed by atoms with van der Waals surface area (Å²) in [5.74, 6) is 1.61. The first-order chi connectivity index (χ1) is 8.54. The first-order valence-corrected chi connectivity index (χ1v) is 6.53. The number of nitrogens with one attached hydrogen (secondary N) is 1. The van der Waals surface area contributed by atoms with Crippen LogP contribution >= 0.6 is 0 Å². The zero-order chi connectivity index (χ0) is 13.2. The number of hydrogen-bond donors (Lipinski definition) is 1. The predicted molar refractivity (Wildman–Crippen MR) is 68.0 cm³/mol. The maximum absolute atomic E-state index is 5.02. The summed E-state index contributed by atoms with van der Waals surface area (Å²) in [5.41, 5.74) is 0.454. The molecule has 1 aliphatic carbocycles. The molecule has 0 aromatic carbocycles. The van der Waals surface area contributed by atoms with Crippen LogP contribution in [0.2, 0.25) is 0 Å². The molecule has 1 fully saturated rings. The second kappa shape index (κ2) is 5.32. The molecule has 102 valence electrons. The summed E-state index contributed by atoms with van der Waals surface area (Å²) >= 11 is 0. The Hall–Kier alpha value is -1.01. The normalized spacial score (nSPS) is 23.0. The highest BCUT2D eigenvalue weighted by Gasteiger charge is 2.46. The lowest BCUT2D eigenvalue weighted by atomic mass is 10.1. The van der Waals surface area contributed by atoms with Crippen molar-refractivity contribution in [3.63, 3.8) is 0 Å². The molecule has 0 radical (unpaired) electrons. The smallest absolute Gasteiger partial charge is 0.167 e. The van der Waals surface area contributed by atoms with E-state index in [4.69, 9.17) is 4.74 Å². The third-order valence-electron chi connectivity index (χ3n) is 3.81. The molecule has 1 aliphatic rings. The zero-order valence-electron chi connectivity index (χ0n) is 11.7. The van der Waals surface area contributed by atoms with E-state index in [1.165, 1.54) is 6.42 Å². The molecule has 0 bridgehead atoms. The Morgan fingerprint density at radius 1 is 1.56 bits per heavy atom. The van der Waals surface area contributed by atoms with Gasteiger partial charge in [0.25, 0.3) is 0 Å². The fourth-order valence-corrected chi connectivity index (χ4v) is 2.22. The van der Waals surface area contributed by atoms with E-state index >= 15 is 0 Å². The van der Waals surface area contributed by atoms with E-state index in [0.29, 0.717) is 17.9 Å². The van der Waals surface area contributed by atoms with Gasteiger partial charge in [0, 0.05) is 20.2 Å². The second-order valence-electron chi connectivity index (χ2n) is 5.78. The van der Waals surface area contributed by atoms with Crippen LogP contribution in [0.5, 0.6) is 0 Å². The minimum absolute atomic E-state index is 0.150. The number of rotatable bonds is 7. The maximum atomic E-state index is 5.02. The van der Waals surface area contributed by atoms with Gasteiger partial charge in [0.2, 0.25) is 0 Å². The van der Waals surface area contributed by atoms with Crippen LogP contribution in [0.15, 0.2) is 0 Å². The van der Waals surface area contributed by atoms with Crippen molar-refractivity contribution in [3.8, 4) is 0 Å². The van der Waals surface area contributed by atoms with Gasteiger partial charge < -0.3 is 10.1 Å². The molecule has 0 amide bonds. The molecule has 2 unspecified atom stereocenters. The van der Waals surface area contributed by atoms with Crippen LogP contribution in [0.3, 0.4) is 0 Å². The molecule has 6 nitrogen and oxygen atoms in total. The summed E-state index contributed by atoms with van der Waals surface area (Å²) < 4.78 is 6.96. The van der Waals surface area contributed by atoms with Crippen LogP contribution in [0.25, 0.3) is 0 Å². The monoisotopic (exact) mass is 253 g/mol. The third kappa shape index (κ3) is 3.05. The molecule has 2 atom stereocenters. The highest BCUT2D eigenvalue weighted by molar-refractivity contribution is 4.97. The molecule has 18 heavy (non-hydrogen) atoms. The Morgan fingerprint density at radius 2 is 2.28 bits per heavy atom. The van der Waals surface area contributed by atoms with Crippen molar-refractivity contribution in [1.29, 1.82) is 0 Å². The number of methoxy groups -OCH3 is 1. The highest BCUT2D eigenvalue weighted by Crippen LogP contribution is 2.52. The predicted octanol–water partition coefficient (Wildman–Crippen LogP) is 1.02. The van der Waals surface area contributed by atoms with Crippen LogP contribution in [0.1, 0.15) is 39.1 Å². The van der Waals surface area contributed by atoms with Crippen molar-refractivity contribution < 1.29 is 4.74 Å². The molecule has 1 aromatic rings. The maximum Gasteiger partial charge on any atom is 0.167 e. The summed E-state index contributed by atoms with van der Waals surface area (Å²) in [6.07, 6.45) is 1.26. The largest absolute Gasteiger partial charge is 0.383 e. The second-order valence-corrected chi connectivity index (χ2v) is 5.78. The number of ether oxygens (including phenoxy) is 1. The van der Waals surface area contributed by atoms with E-state index < -0.39 is 0 Å². The van der Waals surface area contributed by atoms with Gasteiger partial charge in [-0.1, -0.05) is 13.8 Å². The molecule has 6 heteroatoms. The molecule has 1 saturated carbocycles. The lowest BCUT2D eigenvalue weighted by Gasteiger charge is -2.13. The lowest BCUT2D eigenvalue weighted by Crippen LogP contribution is -2.26. The Labute approximate surface area is 108 Å². The van der Waals surface area contributed by atoms with Crippen molar-refractivity contribution in [1.82, 2.24) is 25.5 Å². The van der Waals surface area contributed by atoms with Crippen LogP contribution in [0, 0.1) is 11.3 Å². The fraction of sp³-hybridized carbons (Fsp3) is 0.917. The van der Waals surface area contributed by atoms with Crippen LogP contribution in [-0.4, -0.2) is 40.5 Å². The summed E-state index contributed by atoms with van der Waals surface area (Å²) in [6.45, 7) is 9.09. The molecule has 0 saturated heterocycles. The Kier molecular flexibility index (Phi) is 3.97. The van der Waals surface area contributed by atoms with Crippen molar-refractivity contribution in [2.75, 3.05) is 20.3 Å². The first-order valence-electron chi connectivity index (χ1n) is 6.53. The van der Waals surface area contributed by atoms with Gasteiger partial charge >= 0.3 is 0 Å². The van der Waals surface area contributed by atoms with Crippen molar-refractivity contribution in [3.05, 3.63) is 5.82 Å². The Morgan fingerprint density at radius 3 is 2.89 bits per heavy atom. The Bertz CT molecular complexity index is 390. The summed E-state index contributed by atoms with van der Waals surface area (Å²) in [5, 5.41) is 15.4. The SMILES string of the molecule is COCCNC(C)c1nnnn1CC1CC1(C)C. The average molecular weight is 253 g/mol. The average Bonchev–Trinajstić information content (AvgIpc) is 2.75. The van der Waals surface area contributed by atoms with Gasteiger partial charge in [-0.3, -0.25) is 0 Å². The minimum atomic E-state index is 0.150. The van der Waals surface area contributed by atoms with Crippen LogP contribution < -0.4 is 5.32 Å². The third-order valence-corrected chi connectivity index (χ3v) is 3.81. The van der Waals surface area contributed by atoms with Crippen molar-refractivity contribution in [2.45, 2.75) is 39.8 Å². The zero-order valence-corrected chi connectivity index (χ0v) is 11.7. The van der Waals surface area contributed by atoms with Gasteiger partial charge in [-0.05, 0) is 35.1 Å². The van der Waals surface area contributed by atoms with Gasteiger partial charge in [-0.15, -0.1) is 5.10 Å². The molecule has 0 aliphatic heterocycles. The van der Waals surface area contributed by atoms with Crippen molar-refractivity contribution >= 4 is 0 Å². The molecular formula is C12H23N5O. The standard InChI is InChI=1S/C12H23N5O/c1-9(13-5-6-18-4)11-14-15-16-17(11)8-10-7-12(10,2)3/h9-10,13H,5-8H2,1-4H3. The minimum Gasteiger partial charge on any atom is -0.383 e. The van der Waals surface area contributed by atoms with E-state index in [9.17, 15) is 0 Å². The number of tetrazole rings is 1. The molecule has 1 N–H and O–H groups in total. The quantitative estimate of drug-likeness (QED) is 0.735. The fourth-order valence-electron chi connectivity index (χ4n) is 2.22. The van der Waals surface area contributed by atoms with E-state index in [0.717, 1.165) is 18.9 Å². The van der Waals surface area contributed by atoms with E-state index in [1.807, 2.05) is 4.68 Å². The lowest BCUT2D eigenvalue weighted by molar-refractivity contribution is 0.195. The Balaban J connectivity index is 1.90. The summed E-state index contributed by atoms with van der Waals surface area (Å²) in [7, 11) is 1.70. The summed E-state index contributed by atoms with van der Waals surface area (Å²) in [6, 6.07) is 0.150. The number of nitrogens with zero attached hydrogens (tertiary/aromatic N) is 4. The first kappa shape index (κ1) is 13.4. The van der Waals surface area contributed by atoms with Crippen LogP contribution in [-0.2, 0) is 11.3 Å². The number of aromatic nitrogens is 4. The van der Waals surface area contributed by atoms with Gasteiger partial charge in [0.15, 0.2) is 5.82 Å². The summed E-state index contributed by atoms with van der Waals surface area (Å²) in [4.78, 5) is 0. The van der Waals surface area contributed by atoms with E-state index in [2.05, 4.69) is 41.6 Å². The molecule has 2 rings (SSSR count). The van der Waals surface area contributed by atoms with Gasteiger partial charge in [0.05, 0.1) is 12.6 Å². The van der Waals surface area contributed by atoms with Gasteiger partial charge in [0.1, 0.15) is 0 Å².